The Bertz CT molecular complexity index is 549. The fourth-order valence-corrected chi connectivity index (χ4v) is 3.08. The number of amides is 2. The molecule has 0 N–H and O–H groups in total. The van der Waals surface area contributed by atoms with Crippen molar-refractivity contribution in [2.45, 2.75) is 19.8 Å². The second-order valence-corrected chi connectivity index (χ2v) is 6.64. The van der Waals surface area contributed by atoms with Gasteiger partial charge in [-0.1, -0.05) is 11.6 Å². The van der Waals surface area contributed by atoms with Crippen LogP contribution in [0.15, 0.2) is 22.7 Å². The summed E-state index contributed by atoms with van der Waals surface area (Å²) in [5.41, 5.74) is 1.77. The molecule has 0 bridgehead atoms. The molecule has 0 aliphatic carbocycles. The maximum Gasteiger partial charge on any atom is 0.255 e. The van der Waals surface area contributed by atoms with Crippen molar-refractivity contribution in [3.63, 3.8) is 0 Å². The van der Waals surface area contributed by atoms with Crippen molar-refractivity contribution in [3.05, 3.63) is 33.8 Å². The van der Waals surface area contributed by atoms with Crippen molar-refractivity contribution < 1.29 is 9.59 Å². The van der Waals surface area contributed by atoms with Gasteiger partial charge in [-0.25, -0.2) is 0 Å². The molecular formula is C16H21BrN2O2. The van der Waals surface area contributed by atoms with E-state index in [1.807, 2.05) is 30.0 Å². The van der Waals surface area contributed by atoms with Crippen LogP contribution in [0.1, 0.15) is 28.8 Å². The highest BCUT2D eigenvalue weighted by Gasteiger charge is 2.29. The van der Waals surface area contributed by atoms with E-state index in [0.717, 1.165) is 22.9 Å². The molecule has 1 aliphatic heterocycles. The van der Waals surface area contributed by atoms with Crippen LogP contribution in [0.25, 0.3) is 0 Å². The molecule has 0 spiro atoms. The molecule has 1 fully saturated rings. The molecule has 1 aliphatic rings. The number of benzene rings is 1. The normalized spacial score (nSPS) is 15.9. The molecule has 2 amide bonds. The smallest absolute Gasteiger partial charge is 0.255 e. The van der Waals surface area contributed by atoms with Gasteiger partial charge in [0.2, 0.25) is 5.91 Å². The number of halogens is 1. The van der Waals surface area contributed by atoms with Crippen LogP contribution < -0.4 is 0 Å². The van der Waals surface area contributed by atoms with Crippen molar-refractivity contribution >= 4 is 27.7 Å². The lowest BCUT2D eigenvalue weighted by Gasteiger charge is -2.32. The predicted octanol–water partition coefficient (Wildman–Crippen LogP) is 2.70. The van der Waals surface area contributed by atoms with Gasteiger partial charge in [-0.15, -0.1) is 0 Å². The highest BCUT2D eigenvalue weighted by Crippen LogP contribution is 2.24. The topological polar surface area (TPSA) is 40.6 Å². The van der Waals surface area contributed by atoms with Gasteiger partial charge < -0.3 is 9.80 Å². The van der Waals surface area contributed by atoms with Crippen LogP contribution in [-0.4, -0.2) is 48.8 Å². The van der Waals surface area contributed by atoms with E-state index in [2.05, 4.69) is 15.9 Å². The van der Waals surface area contributed by atoms with Crippen molar-refractivity contribution in [3.8, 4) is 0 Å². The molecule has 0 saturated carbocycles. The average Bonchev–Trinajstić information content (AvgIpc) is 2.48. The number of carbonyl (C=O) groups excluding carboxylic acids is 2. The number of rotatable bonds is 2. The largest absolute Gasteiger partial charge is 0.349 e. The molecule has 114 valence electrons. The Labute approximate surface area is 134 Å². The first-order valence-corrected chi connectivity index (χ1v) is 7.96. The number of nitrogens with zero attached hydrogens (tertiary/aromatic N) is 2. The maximum atomic E-state index is 12.6. The zero-order chi connectivity index (χ0) is 15.6. The summed E-state index contributed by atoms with van der Waals surface area (Å²) in [5, 5.41) is 0. The van der Waals surface area contributed by atoms with Crippen LogP contribution in [0.4, 0.5) is 0 Å². The Morgan fingerprint density at radius 3 is 2.43 bits per heavy atom. The van der Waals surface area contributed by atoms with Gasteiger partial charge in [0, 0.05) is 37.6 Å². The molecule has 1 saturated heterocycles. The fourth-order valence-electron chi connectivity index (χ4n) is 2.67. The van der Waals surface area contributed by atoms with Gasteiger partial charge in [0.1, 0.15) is 0 Å². The summed E-state index contributed by atoms with van der Waals surface area (Å²) in [6, 6.07) is 5.79. The lowest BCUT2D eigenvalue weighted by Crippen LogP contribution is -2.42. The molecule has 2 rings (SSSR count). The molecule has 0 unspecified atom stereocenters. The standard InChI is InChI=1S/C16H21BrN2O2/c1-11-4-5-14(17)13(10-11)16(21)19-8-6-12(7-9-19)15(20)18(2)3/h4-5,10,12H,6-9H2,1-3H3. The van der Waals surface area contributed by atoms with E-state index < -0.39 is 0 Å². The van der Waals surface area contributed by atoms with Crippen molar-refractivity contribution in [1.82, 2.24) is 9.80 Å². The quantitative estimate of drug-likeness (QED) is 0.820. The summed E-state index contributed by atoms with van der Waals surface area (Å²) in [6.45, 7) is 3.26. The van der Waals surface area contributed by atoms with Crippen LogP contribution in [0, 0.1) is 12.8 Å². The Morgan fingerprint density at radius 2 is 1.86 bits per heavy atom. The third-order valence-corrected chi connectivity index (χ3v) is 4.62. The van der Waals surface area contributed by atoms with E-state index in [0.29, 0.717) is 18.7 Å². The Morgan fingerprint density at radius 1 is 1.24 bits per heavy atom. The molecular weight excluding hydrogens is 332 g/mol. The van der Waals surface area contributed by atoms with E-state index in [4.69, 9.17) is 0 Å². The maximum absolute atomic E-state index is 12.6. The lowest BCUT2D eigenvalue weighted by molar-refractivity contribution is -0.134. The highest BCUT2D eigenvalue weighted by molar-refractivity contribution is 9.10. The first-order chi connectivity index (χ1) is 9.90. The van der Waals surface area contributed by atoms with Crippen LogP contribution in [0.5, 0.6) is 0 Å². The van der Waals surface area contributed by atoms with E-state index in [9.17, 15) is 9.59 Å². The van der Waals surface area contributed by atoms with Crippen molar-refractivity contribution in [2.24, 2.45) is 5.92 Å². The minimum Gasteiger partial charge on any atom is -0.349 e. The van der Waals surface area contributed by atoms with E-state index >= 15 is 0 Å². The summed E-state index contributed by atoms with van der Waals surface area (Å²) >= 11 is 3.44. The zero-order valence-electron chi connectivity index (χ0n) is 12.7. The number of aryl methyl sites for hydroxylation is 1. The molecule has 21 heavy (non-hydrogen) atoms. The predicted molar refractivity (Wildman–Crippen MR) is 86.2 cm³/mol. The second kappa shape index (κ2) is 6.60. The van der Waals surface area contributed by atoms with Crippen LogP contribution >= 0.6 is 15.9 Å². The lowest BCUT2D eigenvalue weighted by atomic mass is 9.95. The monoisotopic (exact) mass is 352 g/mol. The summed E-state index contributed by atoms with van der Waals surface area (Å²) in [6.07, 6.45) is 1.48. The van der Waals surface area contributed by atoms with E-state index in [-0.39, 0.29) is 17.7 Å². The van der Waals surface area contributed by atoms with Crippen LogP contribution in [0.2, 0.25) is 0 Å². The molecule has 0 radical (unpaired) electrons. The number of hydrogen-bond donors (Lipinski definition) is 0. The van der Waals surface area contributed by atoms with Gasteiger partial charge in [-0.05, 0) is 47.8 Å². The fraction of sp³-hybridized carbons (Fsp3) is 0.500. The molecule has 1 heterocycles. The van der Waals surface area contributed by atoms with E-state index in [1.165, 1.54) is 0 Å². The van der Waals surface area contributed by atoms with Gasteiger partial charge >= 0.3 is 0 Å². The molecule has 0 aromatic heterocycles. The van der Waals surface area contributed by atoms with Crippen LogP contribution in [0.3, 0.4) is 0 Å². The Hall–Kier alpha value is -1.36. The first-order valence-electron chi connectivity index (χ1n) is 7.16. The number of hydrogen-bond acceptors (Lipinski definition) is 2. The van der Waals surface area contributed by atoms with Gasteiger partial charge in [-0.3, -0.25) is 9.59 Å². The molecule has 1 aromatic rings. The van der Waals surface area contributed by atoms with Gasteiger partial charge in [0.25, 0.3) is 5.91 Å². The number of likely N-dealkylation sites (tertiary alicyclic amines) is 1. The first kappa shape index (κ1) is 16.0. The third kappa shape index (κ3) is 3.64. The minimum atomic E-state index is 0.0429. The summed E-state index contributed by atoms with van der Waals surface area (Å²) in [7, 11) is 3.56. The summed E-state index contributed by atoms with van der Waals surface area (Å²) in [5.74, 6) is 0.255. The van der Waals surface area contributed by atoms with Crippen molar-refractivity contribution in [2.75, 3.05) is 27.2 Å². The SMILES string of the molecule is Cc1ccc(Br)c(C(=O)N2CCC(C(=O)N(C)C)CC2)c1. The van der Waals surface area contributed by atoms with Gasteiger partial charge in [0.15, 0.2) is 0 Å². The number of piperidine rings is 1. The van der Waals surface area contributed by atoms with Gasteiger partial charge in [0.05, 0.1) is 5.56 Å². The average molecular weight is 353 g/mol. The number of carbonyl (C=O) groups is 2. The van der Waals surface area contributed by atoms with E-state index in [1.54, 1.807) is 19.0 Å². The third-order valence-electron chi connectivity index (χ3n) is 3.92. The van der Waals surface area contributed by atoms with Gasteiger partial charge in [-0.2, -0.15) is 0 Å². The second-order valence-electron chi connectivity index (χ2n) is 5.78. The molecule has 0 atom stereocenters. The molecule has 4 nitrogen and oxygen atoms in total. The summed E-state index contributed by atoms with van der Waals surface area (Å²) in [4.78, 5) is 28.0. The highest BCUT2D eigenvalue weighted by atomic mass is 79.9. The Kier molecular flexibility index (Phi) is 5.04. The molecule has 5 heteroatoms. The van der Waals surface area contributed by atoms with Crippen LogP contribution in [-0.2, 0) is 4.79 Å². The minimum absolute atomic E-state index is 0.0429. The Balaban J connectivity index is 2.03. The van der Waals surface area contributed by atoms with Crippen molar-refractivity contribution in [1.29, 1.82) is 0 Å². The summed E-state index contributed by atoms with van der Waals surface area (Å²) < 4.78 is 0.824. The zero-order valence-corrected chi connectivity index (χ0v) is 14.3. The molecule has 1 aromatic carbocycles.